The Morgan fingerprint density at radius 3 is 2.27 bits per heavy atom. The molecule has 1 aromatic heterocycles. The first-order valence-corrected chi connectivity index (χ1v) is 13.5. The van der Waals surface area contributed by atoms with Crippen molar-refractivity contribution >= 4 is 11.8 Å². The molecule has 0 saturated carbocycles. The second kappa shape index (κ2) is 12.3. The van der Waals surface area contributed by atoms with Crippen LogP contribution in [0.3, 0.4) is 0 Å². The summed E-state index contributed by atoms with van der Waals surface area (Å²) < 4.78 is 41.5. The number of alkyl halides is 3. The van der Waals surface area contributed by atoms with E-state index in [1.54, 1.807) is 29.3 Å². The molecule has 1 saturated heterocycles. The minimum absolute atomic E-state index is 0.0152. The molecule has 1 aliphatic rings. The zero-order chi connectivity index (χ0) is 29.8. The number of amides is 2. The van der Waals surface area contributed by atoms with Crippen molar-refractivity contribution in [2.45, 2.75) is 64.1 Å². The molecule has 2 amide bonds. The van der Waals surface area contributed by atoms with Crippen LogP contribution in [0.2, 0.25) is 0 Å². The van der Waals surface area contributed by atoms with Crippen molar-refractivity contribution in [3.63, 3.8) is 0 Å². The number of hydrogen-bond donors (Lipinski definition) is 1. The van der Waals surface area contributed by atoms with Gasteiger partial charge in [-0.25, -0.2) is 0 Å². The predicted molar refractivity (Wildman–Crippen MR) is 149 cm³/mol. The first-order valence-electron chi connectivity index (χ1n) is 13.5. The van der Waals surface area contributed by atoms with Crippen LogP contribution in [0.4, 0.5) is 13.2 Å². The number of pyridine rings is 1. The van der Waals surface area contributed by atoms with Gasteiger partial charge in [0, 0.05) is 12.7 Å². The van der Waals surface area contributed by atoms with E-state index in [-0.39, 0.29) is 35.9 Å². The number of aromatic nitrogens is 1. The summed E-state index contributed by atoms with van der Waals surface area (Å²) in [6, 6.07) is 18.5. The fourth-order valence-electron chi connectivity index (χ4n) is 4.96. The van der Waals surface area contributed by atoms with Gasteiger partial charge in [-0.05, 0) is 59.8 Å². The average molecular weight is 569 g/mol. The van der Waals surface area contributed by atoms with Crippen molar-refractivity contribution in [3.8, 4) is 5.75 Å². The Morgan fingerprint density at radius 2 is 1.68 bits per heavy atom. The summed E-state index contributed by atoms with van der Waals surface area (Å²) in [5.74, 6) is -0.737. The Hall–Kier alpha value is -3.92. The Balaban J connectivity index is 1.51. The number of nitrogens with one attached hydrogen (secondary N) is 1. The minimum Gasteiger partial charge on any atom is -0.406 e. The maximum absolute atomic E-state index is 13.7. The summed E-state index contributed by atoms with van der Waals surface area (Å²) in [6.07, 6.45) is -3.11. The van der Waals surface area contributed by atoms with Gasteiger partial charge in [-0.3, -0.25) is 19.5 Å². The molecule has 1 aliphatic heterocycles. The SMILES string of the molecule is CN1[C@@H](CC(=O)NCc2ccccn2)C(=O)N(CCc2ccc(OC(F)(F)F)cc2)[C@@H]1c1ccc(C(C)(C)C)cc1. The summed E-state index contributed by atoms with van der Waals surface area (Å²) in [5, 5.41) is 2.85. The number of rotatable bonds is 9. The van der Waals surface area contributed by atoms with E-state index in [9.17, 15) is 22.8 Å². The fraction of sp³-hybridized carbons (Fsp3) is 0.387. The molecule has 2 atom stereocenters. The lowest BCUT2D eigenvalue weighted by atomic mass is 9.86. The number of nitrogens with zero attached hydrogens (tertiary/aromatic N) is 3. The number of ether oxygens (including phenoxy) is 1. The minimum atomic E-state index is -4.76. The van der Waals surface area contributed by atoms with E-state index in [4.69, 9.17) is 0 Å². The third kappa shape index (κ3) is 7.85. The molecule has 218 valence electrons. The molecular formula is C31H35F3N4O3. The maximum Gasteiger partial charge on any atom is 0.573 e. The van der Waals surface area contributed by atoms with Gasteiger partial charge >= 0.3 is 6.36 Å². The van der Waals surface area contributed by atoms with Gasteiger partial charge in [0.05, 0.1) is 24.7 Å². The zero-order valence-corrected chi connectivity index (χ0v) is 23.6. The molecule has 4 rings (SSSR count). The molecule has 1 fully saturated rings. The summed E-state index contributed by atoms with van der Waals surface area (Å²) in [5.41, 5.74) is 3.52. The largest absolute Gasteiger partial charge is 0.573 e. The molecular weight excluding hydrogens is 533 g/mol. The fourth-order valence-corrected chi connectivity index (χ4v) is 4.96. The Morgan fingerprint density at radius 1 is 1.00 bits per heavy atom. The smallest absolute Gasteiger partial charge is 0.406 e. The maximum atomic E-state index is 13.7. The van der Waals surface area contributed by atoms with Crippen LogP contribution < -0.4 is 10.1 Å². The van der Waals surface area contributed by atoms with Gasteiger partial charge in [0.15, 0.2) is 0 Å². The molecule has 3 aromatic rings. The molecule has 41 heavy (non-hydrogen) atoms. The predicted octanol–water partition coefficient (Wildman–Crippen LogP) is 5.37. The highest BCUT2D eigenvalue weighted by Crippen LogP contribution is 2.36. The lowest BCUT2D eigenvalue weighted by Crippen LogP contribution is -2.37. The number of carbonyl (C=O) groups is 2. The van der Waals surface area contributed by atoms with E-state index < -0.39 is 18.6 Å². The van der Waals surface area contributed by atoms with Crippen LogP contribution in [0.1, 0.15) is 55.7 Å². The molecule has 0 unspecified atom stereocenters. The van der Waals surface area contributed by atoms with Crippen molar-refractivity contribution in [3.05, 3.63) is 95.3 Å². The topological polar surface area (TPSA) is 74.8 Å². The van der Waals surface area contributed by atoms with E-state index in [2.05, 4.69) is 47.9 Å². The summed E-state index contributed by atoms with van der Waals surface area (Å²) in [7, 11) is 1.83. The van der Waals surface area contributed by atoms with Gasteiger partial charge in [-0.15, -0.1) is 13.2 Å². The van der Waals surface area contributed by atoms with Crippen molar-refractivity contribution in [2.75, 3.05) is 13.6 Å². The highest BCUT2D eigenvalue weighted by molar-refractivity contribution is 5.90. The standard InChI is InChI=1S/C31H35F3N4O3/c1-30(2,3)23-12-10-22(11-13-23)28-37(4)26(19-27(39)36-20-24-7-5-6-17-35-24)29(40)38(28)18-16-21-8-14-25(15-9-21)41-31(32,33)34/h5-15,17,26,28H,16,18-20H2,1-4H3,(H,36,39)/t26-,28+/m0/s1. The van der Waals surface area contributed by atoms with Gasteiger partial charge in [0.25, 0.3) is 0 Å². The second-order valence-electron chi connectivity index (χ2n) is 11.2. The monoisotopic (exact) mass is 568 g/mol. The van der Waals surface area contributed by atoms with Crippen LogP contribution in [0.25, 0.3) is 0 Å². The van der Waals surface area contributed by atoms with Gasteiger partial charge in [-0.1, -0.05) is 63.2 Å². The Bertz CT molecular complexity index is 1320. The molecule has 0 radical (unpaired) electrons. The normalized spacial score (nSPS) is 18.0. The lowest BCUT2D eigenvalue weighted by Gasteiger charge is -2.30. The highest BCUT2D eigenvalue weighted by atomic mass is 19.4. The van der Waals surface area contributed by atoms with Crippen molar-refractivity contribution in [2.24, 2.45) is 0 Å². The van der Waals surface area contributed by atoms with Crippen LogP contribution in [0.15, 0.2) is 72.9 Å². The first kappa shape index (κ1) is 30.0. The quantitative estimate of drug-likeness (QED) is 0.376. The van der Waals surface area contributed by atoms with E-state index in [0.29, 0.717) is 13.0 Å². The highest BCUT2D eigenvalue weighted by Gasteiger charge is 2.45. The zero-order valence-electron chi connectivity index (χ0n) is 23.6. The number of benzene rings is 2. The molecule has 7 nitrogen and oxygen atoms in total. The number of hydrogen-bond acceptors (Lipinski definition) is 5. The molecule has 0 aliphatic carbocycles. The first-order chi connectivity index (χ1) is 19.3. The van der Waals surface area contributed by atoms with Gasteiger partial charge in [-0.2, -0.15) is 0 Å². The molecule has 10 heteroatoms. The molecule has 0 spiro atoms. The Kier molecular flexibility index (Phi) is 9.01. The van der Waals surface area contributed by atoms with Crippen LogP contribution in [-0.4, -0.2) is 52.6 Å². The van der Waals surface area contributed by atoms with Gasteiger partial charge < -0.3 is 15.0 Å². The third-order valence-electron chi connectivity index (χ3n) is 7.19. The van der Waals surface area contributed by atoms with E-state index in [0.717, 1.165) is 22.4 Å². The summed E-state index contributed by atoms with van der Waals surface area (Å²) in [4.78, 5) is 34.4. The third-order valence-corrected chi connectivity index (χ3v) is 7.19. The van der Waals surface area contributed by atoms with Crippen molar-refractivity contribution in [1.82, 2.24) is 20.1 Å². The molecule has 2 aromatic carbocycles. The van der Waals surface area contributed by atoms with E-state index >= 15 is 0 Å². The Labute approximate surface area is 238 Å². The van der Waals surface area contributed by atoms with Crippen LogP contribution >= 0.6 is 0 Å². The number of carbonyl (C=O) groups excluding carboxylic acids is 2. The van der Waals surface area contributed by atoms with Gasteiger partial charge in [0.2, 0.25) is 11.8 Å². The average Bonchev–Trinajstić information content (AvgIpc) is 3.15. The van der Waals surface area contributed by atoms with Gasteiger partial charge in [0.1, 0.15) is 11.9 Å². The number of halogens is 3. The van der Waals surface area contributed by atoms with E-state index in [1.807, 2.05) is 36.2 Å². The summed E-state index contributed by atoms with van der Waals surface area (Å²) >= 11 is 0. The summed E-state index contributed by atoms with van der Waals surface area (Å²) in [6.45, 7) is 6.97. The van der Waals surface area contributed by atoms with Crippen LogP contribution in [-0.2, 0) is 28.0 Å². The van der Waals surface area contributed by atoms with Crippen molar-refractivity contribution < 1.29 is 27.5 Å². The van der Waals surface area contributed by atoms with Crippen molar-refractivity contribution in [1.29, 1.82) is 0 Å². The lowest BCUT2D eigenvalue weighted by molar-refractivity contribution is -0.274. The number of likely N-dealkylation sites (N-methyl/N-ethyl adjacent to an activating group) is 1. The molecule has 1 N–H and O–H groups in total. The van der Waals surface area contributed by atoms with E-state index in [1.165, 1.54) is 12.1 Å². The molecule has 0 bridgehead atoms. The van der Waals surface area contributed by atoms with Crippen LogP contribution in [0.5, 0.6) is 5.75 Å². The van der Waals surface area contributed by atoms with Crippen LogP contribution in [0, 0.1) is 0 Å². The molecule has 2 heterocycles. The second-order valence-corrected chi connectivity index (χ2v) is 11.2.